The number of carbonyl (C=O) groups is 1. The summed E-state index contributed by atoms with van der Waals surface area (Å²) in [6.07, 6.45) is 5.26. The third kappa shape index (κ3) is 3.51. The predicted octanol–water partition coefficient (Wildman–Crippen LogP) is 2.06. The summed E-state index contributed by atoms with van der Waals surface area (Å²) >= 11 is 1.32. The monoisotopic (exact) mass is 329 g/mol. The lowest BCUT2D eigenvalue weighted by Gasteiger charge is -2.11. The third-order valence-corrected chi connectivity index (χ3v) is 3.86. The molecule has 3 rings (SSSR count). The molecule has 0 radical (unpaired) electrons. The van der Waals surface area contributed by atoms with Gasteiger partial charge in [-0.1, -0.05) is 17.4 Å². The first-order chi connectivity index (χ1) is 11.1. The molecule has 0 bridgehead atoms. The average Bonchev–Trinajstić information content (AvgIpc) is 3.14. The van der Waals surface area contributed by atoms with Crippen molar-refractivity contribution in [2.45, 2.75) is 20.4 Å². The summed E-state index contributed by atoms with van der Waals surface area (Å²) in [5.74, 6) is 1.58. The zero-order valence-electron chi connectivity index (χ0n) is 12.6. The topological polar surface area (TPSA) is 97.6 Å². The van der Waals surface area contributed by atoms with Crippen molar-refractivity contribution in [1.29, 1.82) is 0 Å². The van der Waals surface area contributed by atoms with Crippen LogP contribution in [0.5, 0.6) is 0 Å². The van der Waals surface area contributed by atoms with Crippen molar-refractivity contribution in [1.82, 2.24) is 30.0 Å². The van der Waals surface area contributed by atoms with Crippen molar-refractivity contribution in [2.24, 2.45) is 0 Å². The van der Waals surface area contributed by atoms with Crippen LogP contribution in [0.25, 0.3) is 5.82 Å². The number of nitrogens with zero attached hydrogens (tertiary/aromatic N) is 5. The van der Waals surface area contributed by atoms with Crippen LogP contribution < -0.4 is 10.6 Å². The fourth-order valence-corrected chi connectivity index (χ4v) is 2.64. The van der Waals surface area contributed by atoms with Crippen LogP contribution >= 0.6 is 11.3 Å². The number of anilines is 1. The Kier molecular flexibility index (Phi) is 4.29. The van der Waals surface area contributed by atoms with Gasteiger partial charge in [0.15, 0.2) is 0 Å². The van der Waals surface area contributed by atoms with Gasteiger partial charge >= 0.3 is 6.03 Å². The highest BCUT2D eigenvalue weighted by molar-refractivity contribution is 7.15. The Morgan fingerprint density at radius 1 is 1.26 bits per heavy atom. The molecule has 2 N–H and O–H groups in total. The second kappa shape index (κ2) is 6.53. The maximum atomic E-state index is 11.9. The molecule has 0 aromatic carbocycles. The first-order valence-electron chi connectivity index (χ1n) is 6.92. The summed E-state index contributed by atoms with van der Waals surface area (Å²) in [6, 6.07) is 3.41. The minimum absolute atomic E-state index is 0.335. The third-order valence-electron chi connectivity index (χ3n) is 3.11. The predicted molar refractivity (Wildman–Crippen MR) is 86.6 cm³/mol. The molecule has 2 amide bonds. The molecule has 0 saturated heterocycles. The summed E-state index contributed by atoms with van der Waals surface area (Å²) < 4.78 is 1.88. The van der Waals surface area contributed by atoms with E-state index in [-0.39, 0.29) is 6.03 Å². The van der Waals surface area contributed by atoms with Crippen molar-refractivity contribution in [3.63, 3.8) is 0 Å². The molecule has 0 aliphatic rings. The van der Waals surface area contributed by atoms with Crippen molar-refractivity contribution < 1.29 is 4.79 Å². The first kappa shape index (κ1) is 15.1. The van der Waals surface area contributed by atoms with Gasteiger partial charge in [0.25, 0.3) is 0 Å². The van der Waals surface area contributed by atoms with E-state index in [9.17, 15) is 4.79 Å². The lowest BCUT2D eigenvalue weighted by molar-refractivity contribution is 0.251. The number of urea groups is 1. The normalized spacial score (nSPS) is 10.5. The minimum atomic E-state index is -0.335. The Labute approximate surface area is 136 Å². The van der Waals surface area contributed by atoms with Gasteiger partial charge in [0.1, 0.15) is 16.6 Å². The molecule has 3 heterocycles. The van der Waals surface area contributed by atoms with E-state index in [1.54, 1.807) is 12.4 Å². The van der Waals surface area contributed by atoms with Gasteiger partial charge in [0.05, 0.1) is 0 Å². The number of pyridine rings is 1. The van der Waals surface area contributed by atoms with Crippen LogP contribution in [0.15, 0.2) is 30.7 Å². The van der Waals surface area contributed by atoms with Crippen LogP contribution in [0.1, 0.15) is 16.4 Å². The van der Waals surface area contributed by atoms with Gasteiger partial charge < -0.3 is 5.32 Å². The molecule has 0 aliphatic carbocycles. The summed E-state index contributed by atoms with van der Waals surface area (Å²) in [7, 11) is 0. The second-order valence-electron chi connectivity index (χ2n) is 4.76. The van der Waals surface area contributed by atoms with Gasteiger partial charge in [0, 0.05) is 30.7 Å². The fraction of sp³-hybridized carbons (Fsp3) is 0.214. The molecule has 118 valence electrons. The molecule has 0 spiro atoms. The number of aryl methyl sites for hydroxylation is 2. The summed E-state index contributed by atoms with van der Waals surface area (Å²) in [4.78, 5) is 20.5. The molecule has 23 heavy (non-hydrogen) atoms. The average molecular weight is 329 g/mol. The van der Waals surface area contributed by atoms with E-state index in [1.807, 2.05) is 36.7 Å². The smallest absolute Gasteiger partial charge is 0.321 e. The number of nitrogens with one attached hydrogen (secondary N) is 2. The highest BCUT2D eigenvalue weighted by Gasteiger charge is 2.10. The van der Waals surface area contributed by atoms with Gasteiger partial charge in [-0.25, -0.2) is 14.8 Å². The van der Waals surface area contributed by atoms with Crippen molar-refractivity contribution in [3.05, 3.63) is 47.1 Å². The van der Waals surface area contributed by atoms with E-state index in [4.69, 9.17) is 0 Å². The second-order valence-corrected chi connectivity index (χ2v) is 5.95. The number of carbonyl (C=O) groups excluding carboxylic acids is 1. The Hall–Kier alpha value is -2.81. The summed E-state index contributed by atoms with van der Waals surface area (Å²) in [6.45, 7) is 4.07. The van der Waals surface area contributed by atoms with Gasteiger partial charge in [-0.15, -0.1) is 10.2 Å². The number of hydrogen-bond donors (Lipinski definition) is 2. The maximum absolute atomic E-state index is 11.9. The largest absolute Gasteiger partial charge is 0.334 e. The number of rotatable bonds is 4. The Balaban J connectivity index is 1.69. The Morgan fingerprint density at radius 3 is 2.83 bits per heavy atom. The van der Waals surface area contributed by atoms with Crippen LogP contribution in [0.3, 0.4) is 0 Å². The van der Waals surface area contributed by atoms with Gasteiger partial charge in [0.2, 0.25) is 5.13 Å². The maximum Gasteiger partial charge on any atom is 0.321 e. The standard InChI is InChI=1S/C14H15N7OS/c1-9-15-6-7-21(9)12-11(4-3-5-16-12)8-17-13(22)18-14-20-19-10(2)23-14/h3-7H,8H2,1-2H3,(H2,17,18,20,22). The van der Waals surface area contributed by atoms with Crippen LogP contribution in [0.4, 0.5) is 9.93 Å². The van der Waals surface area contributed by atoms with E-state index in [0.717, 1.165) is 22.2 Å². The summed E-state index contributed by atoms with van der Waals surface area (Å²) in [5, 5.41) is 14.4. The highest BCUT2D eigenvalue weighted by atomic mass is 32.1. The molecular weight excluding hydrogens is 314 g/mol. The molecule has 0 aliphatic heterocycles. The molecule has 0 saturated carbocycles. The van der Waals surface area contributed by atoms with Gasteiger partial charge in [-0.3, -0.25) is 9.88 Å². The van der Waals surface area contributed by atoms with E-state index < -0.39 is 0 Å². The Morgan fingerprint density at radius 2 is 2.13 bits per heavy atom. The van der Waals surface area contributed by atoms with Crippen molar-refractivity contribution in [3.8, 4) is 5.82 Å². The fourth-order valence-electron chi connectivity index (χ4n) is 2.05. The van der Waals surface area contributed by atoms with Gasteiger partial charge in [-0.2, -0.15) is 0 Å². The van der Waals surface area contributed by atoms with Crippen LogP contribution in [0, 0.1) is 13.8 Å². The highest BCUT2D eigenvalue weighted by Crippen LogP contribution is 2.14. The number of imidazole rings is 1. The SMILES string of the molecule is Cc1nnc(NC(=O)NCc2cccnc2-n2ccnc2C)s1. The zero-order chi connectivity index (χ0) is 16.2. The molecule has 9 heteroatoms. The van der Waals surface area contributed by atoms with Crippen LogP contribution in [-0.4, -0.2) is 30.8 Å². The molecule has 3 aromatic rings. The lowest BCUT2D eigenvalue weighted by atomic mass is 10.2. The number of aromatic nitrogens is 5. The molecular formula is C14H15N7OS. The minimum Gasteiger partial charge on any atom is -0.334 e. The van der Waals surface area contributed by atoms with Gasteiger partial charge in [-0.05, 0) is 19.9 Å². The molecule has 0 fully saturated rings. The van der Waals surface area contributed by atoms with Crippen molar-refractivity contribution >= 4 is 22.5 Å². The molecule has 3 aromatic heterocycles. The molecule has 0 atom stereocenters. The van der Waals surface area contributed by atoms with E-state index in [2.05, 4.69) is 30.8 Å². The Bertz CT molecular complexity index is 826. The van der Waals surface area contributed by atoms with Crippen LogP contribution in [0.2, 0.25) is 0 Å². The van der Waals surface area contributed by atoms with Crippen molar-refractivity contribution in [2.75, 3.05) is 5.32 Å². The first-order valence-corrected chi connectivity index (χ1v) is 7.74. The zero-order valence-corrected chi connectivity index (χ0v) is 13.5. The summed E-state index contributed by atoms with van der Waals surface area (Å²) in [5.41, 5.74) is 0.886. The number of hydrogen-bond acceptors (Lipinski definition) is 6. The van der Waals surface area contributed by atoms with E-state index >= 15 is 0 Å². The van der Waals surface area contributed by atoms with Crippen LogP contribution in [-0.2, 0) is 6.54 Å². The van der Waals surface area contributed by atoms with E-state index in [1.165, 1.54) is 11.3 Å². The molecule has 8 nitrogen and oxygen atoms in total. The number of amides is 2. The quantitative estimate of drug-likeness (QED) is 0.763. The lowest BCUT2D eigenvalue weighted by Crippen LogP contribution is -2.28. The molecule has 0 unspecified atom stereocenters. The van der Waals surface area contributed by atoms with E-state index in [0.29, 0.717) is 11.7 Å².